The molecule has 0 radical (unpaired) electrons. The predicted molar refractivity (Wildman–Crippen MR) is 128 cm³/mol. The number of ether oxygens (including phenoxy) is 3. The third-order valence-corrected chi connectivity index (χ3v) is 6.54. The van der Waals surface area contributed by atoms with Crippen LogP contribution < -0.4 is 14.8 Å². The molecule has 0 aliphatic carbocycles. The molecule has 4 rings (SSSR count). The SMILES string of the molecule is COc1cc2c(Nc3ccc(Cl)c(Cl)c3)ncnc2cc1OC[C@H]1CN(C)C(C)[C@H](C)O1. The smallest absolute Gasteiger partial charge is 0.163 e. The van der Waals surface area contributed by atoms with Crippen molar-refractivity contribution in [3.05, 3.63) is 46.7 Å². The summed E-state index contributed by atoms with van der Waals surface area (Å²) < 4.78 is 17.8. The molecule has 170 valence electrons. The first kappa shape index (κ1) is 22.9. The number of likely N-dealkylation sites (N-methyl/N-ethyl adjacent to an activating group) is 1. The molecule has 0 spiro atoms. The lowest BCUT2D eigenvalue weighted by molar-refractivity contribution is -0.111. The topological polar surface area (TPSA) is 68.7 Å². The quantitative estimate of drug-likeness (QED) is 0.525. The molecule has 1 N–H and O–H groups in total. The highest BCUT2D eigenvalue weighted by atomic mass is 35.5. The molecule has 1 aliphatic heterocycles. The molecule has 1 aromatic heterocycles. The van der Waals surface area contributed by atoms with Gasteiger partial charge in [0.05, 0.1) is 28.8 Å². The highest BCUT2D eigenvalue weighted by Crippen LogP contribution is 2.35. The van der Waals surface area contributed by atoms with Crippen LogP contribution in [0.1, 0.15) is 13.8 Å². The van der Waals surface area contributed by atoms with E-state index in [0.29, 0.717) is 40.0 Å². The molecule has 1 unspecified atom stereocenters. The number of rotatable bonds is 6. The van der Waals surface area contributed by atoms with Crippen LogP contribution in [0, 0.1) is 0 Å². The van der Waals surface area contributed by atoms with Crippen molar-refractivity contribution in [2.75, 3.05) is 32.6 Å². The zero-order chi connectivity index (χ0) is 22.8. The van der Waals surface area contributed by atoms with Gasteiger partial charge in [0.1, 0.15) is 24.9 Å². The summed E-state index contributed by atoms with van der Waals surface area (Å²) in [5, 5.41) is 5.01. The highest BCUT2D eigenvalue weighted by Gasteiger charge is 2.29. The number of anilines is 2. The van der Waals surface area contributed by atoms with Gasteiger partial charge in [-0.15, -0.1) is 0 Å². The molecule has 9 heteroatoms. The largest absolute Gasteiger partial charge is 0.493 e. The Bertz CT molecular complexity index is 1100. The van der Waals surface area contributed by atoms with Gasteiger partial charge >= 0.3 is 0 Å². The van der Waals surface area contributed by atoms with E-state index in [1.54, 1.807) is 19.2 Å². The minimum absolute atomic E-state index is 0.0242. The molecule has 7 nitrogen and oxygen atoms in total. The molecule has 0 bridgehead atoms. The molecule has 3 aromatic rings. The van der Waals surface area contributed by atoms with E-state index < -0.39 is 0 Å². The first-order valence-electron chi connectivity index (χ1n) is 10.4. The van der Waals surface area contributed by atoms with E-state index in [1.807, 2.05) is 18.2 Å². The number of aromatic nitrogens is 2. The van der Waals surface area contributed by atoms with Gasteiger partial charge in [0.25, 0.3) is 0 Å². The van der Waals surface area contributed by atoms with Gasteiger partial charge in [-0.3, -0.25) is 4.90 Å². The molecule has 3 atom stereocenters. The van der Waals surface area contributed by atoms with E-state index in [1.165, 1.54) is 6.33 Å². The Morgan fingerprint density at radius 1 is 1.12 bits per heavy atom. The zero-order valence-corrected chi connectivity index (χ0v) is 19.9. The number of morpholine rings is 1. The first-order valence-corrected chi connectivity index (χ1v) is 11.1. The summed E-state index contributed by atoms with van der Waals surface area (Å²) in [6.45, 7) is 5.48. The van der Waals surface area contributed by atoms with Gasteiger partial charge in [-0.1, -0.05) is 23.2 Å². The van der Waals surface area contributed by atoms with E-state index >= 15 is 0 Å². The van der Waals surface area contributed by atoms with E-state index in [9.17, 15) is 0 Å². The van der Waals surface area contributed by atoms with Crippen LogP contribution in [-0.4, -0.2) is 60.4 Å². The second-order valence-electron chi connectivity index (χ2n) is 7.95. The lowest BCUT2D eigenvalue weighted by atomic mass is 10.1. The number of methoxy groups -OCH3 is 1. The minimum atomic E-state index is -0.0242. The normalized spacial score (nSPS) is 21.5. The summed E-state index contributed by atoms with van der Waals surface area (Å²) in [7, 11) is 3.71. The van der Waals surface area contributed by atoms with Crippen LogP contribution in [0.15, 0.2) is 36.7 Å². The summed E-state index contributed by atoms with van der Waals surface area (Å²) in [6, 6.07) is 9.40. The Kier molecular flexibility index (Phi) is 6.90. The molecule has 0 amide bonds. The summed E-state index contributed by atoms with van der Waals surface area (Å²) in [4.78, 5) is 11.1. The van der Waals surface area contributed by atoms with Gasteiger partial charge in [-0.2, -0.15) is 0 Å². The Labute approximate surface area is 197 Å². The molecule has 32 heavy (non-hydrogen) atoms. The van der Waals surface area contributed by atoms with Crippen molar-refractivity contribution in [1.29, 1.82) is 0 Å². The molecular formula is C23H26Cl2N4O3. The van der Waals surface area contributed by atoms with E-state index in [2.05, 4.69) is 41.1 Å². The van der Waals surface area contributed by atoms with Gasteiger partial charge < -0.3 is 19.5 Å². The lowest BCUT2D eigenvalue weighted by Gasteiger charge is -2.39. The molecule has 1 aliphatic rings. The molecule has 0 saturated carbocycles. The van der Waals surface area contributed by atoms with Crippen molar-refractivity contribution in [3.63, 3.8) is 0 Å². The Morgan fingerprint density at radius 3 is 2.66 bits per heavy atom. The van der Waals surface area contributed by atoms with Crippen LogP contribution in [0.3, 0.4) is 0 Å². The summed E-state index contributed by atoms with van der Waals surface area (Å²) in [5.41, 5.74) is 1.49. The minimum Gasteiger partial charge on any atom is -0.493 e. The van der Waals surface area contributed by atoms with E-state index in [0.717, 1.165) is 23.1 Å². The van der Waals surface area contributed by atoms with Gasteiger partial charge in [0.15, 0.2) is 11.5 Å². The van der Waals surface area contributed by atoms with Gasteiger partial charge in [-0.25, -0.2) is 9.97 Å². The first-order chi connectivity index (χ1) is 15.4. The maximum Gasteiger partial charge on any atom is 0.163 e. The van der Waals surface area contributed by atoms with Crippen molar-refractivity contribution in [1.82, 2.24) is 14.9 Å². The summed E-state index contributed by atoms with van der Waals surface area (Å²) in [5.74, 6) is 1.82. The van der Waals surface area contributed by atoms with Crippen LogP contribution >= 0.6 is 23.2 Å². The van der Waals surface area contributed by atoms with E-state index in [-0.39, 0.29) is 12.2 Å². The number of benzene rings is 2. The third kappa shape index (κ3) is 4.86. The van der Waals surface area contributed by atoms with Crippen molar-refractivity contribution < 1.29 is 14.2 Å². The van der Waals surface area contributed by atoms with Crippen molar-refractivity contribution in [2.45, 2.75) is 32.1 Å². The Morgan fingerprint density at radius 2 is 1.94 bits per heavy atom. The predicted octanol–water partition coefficient (Wildman–Crippen LogP) is 5.18. The average Bonchev–Trinajstić information content (AvgIpc) is 2.78. The summed E-state index contributed by atoms with van der Waals surface area (Å²) in [6.07, 6.45) is 1.62. The number of nitrogens with one attached hydrogen (secondary N) is 1. The number of nitrogens with zero attached hydrogens (tertiary/aromatic N) is 3. The Hall–Kier alpha value is -2.32. The number of hydrogen-bond donors (Lipinski definition) is 1. The van der Waals surface area contributed by atoms with Crippen LogP contribution in [-0.2, 0) is 4.74 Å². The van der Waals surface area contributed by atoms with Crippen molar-refractivity contribution in [2.24, 2.45) is 0 Å². The molecule has 2 heterocycles. The monoisotopic (exact) mass is 476 g/mol. The average molecular weight is 477 g/mol. The fraction of sp³-hybridized carbons (Fsp3) is 0.391. The second-order valence-corrected chi connectivity index (χ2v) is 8.77. The fourth-order valence-corrected chi connectivity index (χ4v) is 4.03. The molecular weight excluding hydrogens is 451 g/mol. The number of halogens is 2. The fourth-order valence-electron chi connectivity index (χ4n) is 3.73. The lowest BCUT2D eigenvalue weighted by Crippen LogP contribution is -2.52. The maximum absolute atomic E-state index is 6.14. The number of fused-ring (bicyclic) bond motifs is 1. The molecule has 2 aromatic carbocycles. The van der Waals surface area contributed by atoms with Crippen LogP contribution in [0.2, 0.25) is 10.0 Å². The van der Waals surface area contributed by atoms with Crippen molar-refractivity contribution in [3.8, 4) is 11.5 Å². The van der Waals surface area contributed by atoms with Crippen LogP contribution in [0.5, 0.6) is 11.5 Å². The number of hydrogen-bond acceptors (Lipinski definition) is 7. The van der Waals surface area contributed by atoms with E-state index in [4.69, 9.17) is 37.4 Å². The maximum atomic E-state index is 6.14. The zero-order valence-electron chi connectivity index (χ0n) is 18.4. The van der Waals surface area contributed by atoms with Crippen LogP contribution in [0.25, 0.3) is 10.9 Å². The van der Waals surface area contributed by atoms with Crippen molar-refractivity contribution >= 4 is 45.6 Å². The second kappa shape index (κ2) is 9.67. The van der Waals surface area contributed by atoms with Gasteiger partial charge in [0, 0.05) is 29.7 Å². The van der Waals surface area contributed by atoms with Gasteiger partial charge in [0.2, 0.25) is 0 Å². The highest BCUT2D eigenvalue weighted by molar-refractivity contribution is 6.42. The van der Waals surface area contributed by atoms with Gasteiger partial charge in [-0.05, 0) is 45.2 Å². The summed E-state index contributed by atoms with van der Waals surface area (Å²) >= 11 is 12.2. The standard InChI is InChI=1S/C23H26Cl2N4O3/c1-13-14(2)32-16(10-29(13)3)11-31-22-9-20-17(8-21(22)30-4)23(27-12-26-20)28-15-5-6-18(24)19(25)7-15/h5-9,12-14,16H,10-11H2,1-4H3,(H,26,27,28)/t13?,14-,16+/m0/s1. The van der Waals surface area contributed by atoms with Crippen LogP contribution in [0.4, 0.5) is 11.5 Å². The Balaban J connectivity index is 1.57. The third-order valence-electron chi connectivity index (χ3n) is 5.80. The molecule has 1 fully saturated rings. The molecule has 1 saturated heterocycles.